The zero-order chi connectivity index (χ0) is 35.6. The molecule has 1 heteroatoms. The summed E-state index contributed by atoms with van der Waals surface area (Å²) in [6.07, 6.45) is 0. The molecular weight excluding hydrogens is 651 g/mol. The molecule has 0 atom stereocenters. The minimum absolute atomic E-state index is 0.424. The molecule has 9 aromatic carbocycles. The van der Waals surface area contributed by atoms with Crippen LogP contribution in [0.25, 0.3) is 55.3 Å². The fourth-order valence-electron chi connectivity index (χ4n) is 9.37. The molecule has 0 bridgehead atoms. The lowest BCUT2D eigenvalue weighted by Crippen LogP contribution is -2.26. The van der Waals surface area contributed by atoms with Crippen LogP contribution in [0.5, 0.6) is 0 Å². The molecule has 9 aromatic rings. The van der Waals surface area contributed by atoms with E-state index in [9.17, 15) is 0 Å². The van der Waals surface area contributed by atoms with Crippen molar-refractivity contribution in [1.29, 1.82) is 0 Å². The van der Waals surface area contributed by atoms with Crippen molar-refractivity contribution in [2.24, 2.45) is 0 Å². The minimum Gasteiger partial charge on any atom is -0.310 e. The number of para-hydroxylation sites is 1. The van der Waals surface area contributed by atoms with E-state index in [1.54, 1.807) is 0 Å². The Labute approximate surface area is 316 Å². The highest BCUT2D eigenvalue weighted by Gasteiger charge is 2.51. The molecule has 54 heavy (non-hydrogen) atoms. The zero-order valence-corrected chi connectivity index (χ0v) is 29.7. The molecule has 0 N–H and O–H groups in total. The van der Waals surface area contributed by atoms with E-state index < -0.39 is 5.41 Å². The first-order valence-electron chi connectivity index (χ1n) is 18.8. The molecule has 0 unspecified atom stereocenters. The molecule has 0 amide bonds. The van der Waals surface area contributed by atoms with Crippen LogP contribution in [0.15, 0.2) is 212 Å². The highest BCUT2D eigenvalue weighted by molar-refractivity contribution is 5.97. The van der Waals surface area contributed by atoms with Crippen molar-refractivity contribution in [1.82, 2.24) is 0 Å². The maximum atomic E-state index is 2.48. The van der Waals surface area contributed by atoms with Gasteiger partial charge < -0.3 is 4.90 Å². The molecule has 252 valence electrons. The first kappa shape index (κ1) is 30.6. The molecule has 1 nitrogen and oxygen atoms in total. The quantitative estimate of drug-likeness (QED) is 0.174. The van der Waals surface area contributed by atoms with Gasteiger partial charge in [0.1, 0.15) is 0 Å². The van der Waals surface area contributed by atoms with Crippen molar-refractivity contribution in [2.45, 2.75) is 5.41 Å². The van der Waals surface area contributed by atoms with Gasteiger partial charge in [0, 0.05) is 16.9 Å². The molecule has 0 radical (unpaired) electrons. The lowest BCUT2D eigenvalue weighted by Gasteiger charge is -2.33. The van der Waals surface area contributed by atoms with Crippen LogP contribution in [0.1, 0.15) is 22.3 Å². The average molecular weight is 686 g/mol. The van der Waals surface area contributed by atoms with Crippen LogP contribution in [-0.4, -0.2) is 0 Å². The first-order chi connectivity index (χ1) is 26.8. The molecular formula is C53H35N. The third kappa shape index (κ3) is 4.45. The Morgan fingerprint density at radius 2 is 0.796 bits per heavy atom. The normalized spacial score (nSPS) is 13.0. The molecule has 2 aliphatic rings. The number of nitrogens with zero attached hydrogens (tertiary/aromatic N) is 1. The lowest BCUT2D eigenvalue weighted by molar-refractivity contribution is 0.793. The van der Waals surface area contributed by atoms with E-state index in [2.05, 4.69) is 217 Å². The smallest absolute Gasteiger partial charge is 0.0726 e. The van der Waals surface area contributed by atoms with Crippen molar-refractivity contribution in [3.63, 3.8) is 0 Å². The Balaban J connectivity index is 1.17. The molecule has 0 aliphatic heterocycles. The SMILES string of the molecule is c1ccc(-c2ccccc2N(c2cccc(-c3ccc4ccccc4c3)c2)c2ccc3c(c2)C2(c4ccccc4-c4ccccc42)c2ccccc2-3)cc1. The predicted octanol–water partition coefficient (Wildman–Crippen LogP) is 14.0. The molecule has 0 saturated heterocycles. The van der Waals surface area contributed by atoms with Gasteiger partial charge in [0.15, 0.2) is 0 Å². The molecule has 0 fully saturated rings. The van der Waals surface area contributed by atoms with Gasteiger partial charge in [-0.15, -0.1) is 0 Å². The third-order valence-corrected chi connectivity index (χ3v) is 11.7. The predicted molar refractivity (Wildman–Crippen MR) is 226 cm³/mol. The monoisotopic (exact) mass is 685 g/mol. The van der Waals surface area contributed by atoms with Gasteiger partial charge in [-0.25, -0.2) is 0 Å². The topological polar surface area (TPSA) is 3.24 Å². The van der Waals surface area contributed by atoms with Crippen LogP contribution in [0.3, 0.4) is 0 Å². The van der Waals surface area contributed by atoms with Gasteiger partial charge in [-0.2, -0.15) is 0 Å². The standard InChI is InChI=1S/C53H35N/c1-2-16-37(17-3-1)43-21-9-13-28-52(43)54(41-20-14-19-39(34-41)40-30-29-36-15-4-5-18-38(36)33-40)42-31-32-47-46-24-8-12-27-50(46)53(51(47)35-42)48-25-10-6-22-44(48)45-23-7-11-26-49(45)53/h1-35H. The highest BCUT2D eigenvalue weighted by atomic mass is 15.1. The van der Waals surface area contributed by atoms with Gasteiger partial charge in [-0.05, 0) is 108 Å². The van der Waals surface area contributed by atoms with E-state index >= 15 is 0 Å². The number of benzene rings is 9. The molecule has 11 rings (SSSR count). The van der Waals surface area contributed by atoms with E-state index in [0.717, 1.165) is 17.1 Å². The maximum absolute atomic E-state index is 2.48. The molecule has 2 aliphatic carbocycles. The maximum Gasteiger partial charge on any atom is 0.0726 e. The Morgan fingerprint density at radius 3 is 1.50 bits per heavy atom. The van der Waals surface area contributed by atoms with E-state index in [1.807, 2.05) is 0 Å². The summed E-state index contributed by atoms with van der Waals surface area (Å²) in [5.41, 5.74) is 18.3. The average Bonchev–Trinajstić information content (AvgIpc) is 3.71. The lowest BCUT2D eigenvalue weighted by atomic mass is 9.70. The minimum atomic E-state index is -0.424. The van der Waals surface area contributed by atoms with Crippen molar-refractivity contribution in [3.8, 4) is 44.5 Å². The van der Waals surface area contributed by atoms with Gasteiger partial charge in [0.25, 0.3) is 0 Å². The van der Waals surface area contributed by atoms with Crippen molar-refractivity contribution in [3.05, 3.63) is 235 Å². The van der Waals surface area contributed by atoms with Crippen LogP contribution in [0, 0.1) is 0 Å². The van der Waals surface area contributed by atoms with Crippen LogP contribution < -0.4 is 4.90 Å². The number of hydrogen-bond acceptors (Lipinski definition) is 1. The van der Waals surface area contributed by atoms with Crippen molar-refractivity contribution in [2.75, 3.05) is 4.90 Å². The van der Waals surface area contributed by atoms with Crippen molar-refractivity contribution < 1.29 is 0 Å². The van der Waals surface area contributed by atoms with Gasteiger partial charge >= 0.3 is 0 Å². The second kappa shape index (κ2) is 12.0. The van der Waals surface area contributed by atoms with Crippen LogP contribution in [0.4, 0.5) is 17.1 Å². The van der Waals surface area contributed by atoms with Crippen molar-refractivity contribution >= 4 is 27.8 Å². The molecule has 0 aromatic heterocycles. The zero-order valence-electron chi connectivity index (χ0n) is 29.7. The summed E-state index contributed by atoms with van der Waals surface area (Å²) in [5, 5.41) is 2.49. The summed E-state index contributed by atoms with van der Waals surface area (Å²) >= 11 is 0. The molecule has 1 spiro atoms. The second-order valence-corrected chi connectivity index (χ2v) is 14.4. The number of anilines is 3. The molecule has 0 saturated carbocycles. The fraction of sp³-hybridized carbons (Fsp3) is 0.0189. The Hall–Kier alpha value is -6.96. The van der Waals surface area contributed by atoms with Gasteiger partial charge in [0.05, 0.1) is 11.1 Å². The number of fused-ring (bicyclic) bond motifs is 11. The Morgan fingerprint density at radius 1 is 0.278 bits per heavy atom. The van der Waals surface area contributed by atoms with Crippen LogP contribution in [-0.2, 0) is 5.41 Å². The van der Waals surface area contributed by atoms with E-state index in [4.69, 9.17) is 0 Å². The largest absolute Gasteiger partial charge is 0.310 e. The summed E-state index contributed by atoms with van der Waals surface area (Å²) in [4.78, 5) is 2.47. The second-order valence-electron chi connectivity index (χ2n) is 14.4. The van der Waals surface area contributed by atoms with Crippen LogP contribution in [0.2, 0.25) is 0 Å². The number of hydrogen-bond donors (Lipinski definition) is 0. The summed E-state index contributed by atoms with van der Waals surface area (Å²) in [6.45, 7) is 0. The summed E-state index contributed by atoms with van der Waals surface area (Å²) in [7, 11) is 0. The Kier molecular flexibility index (Phi) is 6.84. The summed E-state index contributed by atoms with van der Waals surface area (Å²) < 4.78 is 0. The first-order valence-corrected chi connectivity index (χ1v) is 18.8. The van der Waals surface area contributed by atoms with Gasteiger partial charge in [0.2, 0.25) is 0 Å². The van der Waals surface area contributed by atoms with Gasteiger partial charge in [-0.3, -0.25) is 0 Å². The Bertz CT molecular complexity index is 2840. The van der Waals surface area contributed by atoms with E-state index in [1.165, 1.54) is 77.5 Å². The highest BCUT2D eigenvalue weighted by Crippen LogP contribution is 2.63. The van der Waals surface area contributed by atoms with Gasteiger partial charge in [-0.1, -0.05) is 176 Å². The van der Waals surface area contributed by atoms with E-state index in [0.29, 0.717) is 0 Å². The fourth-order valence-corrected chi connectivity index (χ4v) is 9.37. The third-order valence-electron chi connectivity index (χ3n) is 11.7. The summed E-state index contributed by atoms with van der Waals surface area (Å²) in [6, 6.07) is 78.3. The van der Waals surface area contributed by atoms with Crippen LogP contribution >= 0.6 is 0 Å². The van der Waals surface area contributed by atoms with E-state index in [-0.39, 0.29) is 0 Å². The number of rotatable bonds is 5. The molecule has 0 heterocycles. The summed E-state index contributed by atoms with van der Waals surface area (Å²) in [5.74, 6) is 0.